The molecule has 20 heavy (non-hydrogen) atoms. The van der Waals surface area contributed by atoms with Crippen molar-refractivity contribution >= 4 is 8.60 Å². The Bertz CT molecular complexity index is 330. The van der Waals surface area contributed by atoms with Gasteiger partial charge in [0.25, 0.3) is 0 Å². The first-order valence-electron chi connectivity index (χ1n) is 7.13. The zero-order valence-corrected chi connectivity index (χ0v) is 13.8. The SMILES string of the molecule is CCCCCCCCCc1ccc(OP([O-])[O-])cc1.[Ni+2]. The third-order valence-corrected chi connectivity index (χ3v) is 3.53. The molecule has 5 heteroatoms. The van der Waals surface area contributed by atoms with Crippen LogP contribution in [0, 0.1) is 0 Å². The first-order chi connectivity index (χ1) is 9.22. The fourth-order valence-corrected chi connectivity index (χ4v) is 2.38. The van der Waals surface area contributed by atoms with E-state index in [1.165, 1.54) is 50.5 Å². The molecule has 0 spiro atoms. The van der Waals surface area contributed by atoms with E-state index in [0.717, 1.165) is 6.42 Å². The van der Waals surface area contributed by atoms with Crippen molar-refractivity contribution in [2.24, 2.45) is 0 Å². The molecule has 3 nitrogen and oxygen atoms in total. The maximum atomic E-state index is 10.4. The van der Waals surface area contributed by atoms with Crippen LogP contribution in [0.1, 0.15) is 57.4 Å². The van der Waals surface area contributed by atoms with E-state index in [1.54, 1.807) is 12.1 Å². The minimum atomic E-state index is -2.81. The number of hydrogen-bond acceptors (Lipinski definition) is 3. The Morgan fingerprint density at radius 3 is 2.00 bits per heavy atom. The van der Waals surface area contributed by atoms with Crippen molar-refractivity contribution in [3.8, 4) is 5.75 Å². The Morgan fingerprint density at radius 1 is 0.900 bits per heavy atom. The van der Waals surface area contributed by atoms with Gasteiger partial charge in [-0.3, -0.25) is 0 Å². The van der Waals surface area contributed by atoms with Gasteiger partial charge in [-0.15, -0.1) is 0 Å². The first-order valence-corrected chi connectivity index (χ1v) is 8.23. The molecule has 0 aromatic heterocycles. The number of unbranched alkanes of at least 4 members (excludes halogenated alkanes) is 6. The van der Waals surface area contributed by atoms with Crippen molar-refractivity contribution in [2.45, 2.75) is 58.3 Å². The summed E-state index contributed by atoms with van der Waals surface area (Å²) in [5.74, 6) is 0.388. The van der Waals surface area contributed by atoms with Gasteiger partial charge >= 0.3 is 16.5 Å². The maximum Gasteiger partial charge on any atom is 2.00 e. The zero-order valence-electron chi connectivity index (χ0n) is 12.0. The minimum absolute atomic E-state index is 0. The normalized spacial score (nSPS) is 10.4. The molecule has 0 heterocycles. The molecular weight excluding hydrogens is 318 g/mol. The maximum absolute atomic E-state index is 10.4. The summed E-state index contributed by atoms with van der Waals surface area (Å²) in [5, 5.41) is 0. The molecule has 0 aliphatic rings. The number of hydrogen-bond donors (Lipinski definition) is 0. The monoisotopic (exact) mass is 340 g/mol. The van der Waals surface area contributed by atoms with E-state index in [4.69, 9.17) is 0 Å². The fraction of sp³-hybridized carbons (Fsp3) is 0.600. The van der Waals surface area contributed by atoms with Crippen LogP contribution in [0.25, 0.3) is 0 Å². The van der Waals surface area contributed by atoms with Gasteiger partial charge in [0.05, 0.1) is 0 Å². The average Bonchev–Trinajstić information content (AvgIpc) is 2.39. The Morgan fingerprint density at radius 2 is 1.45 bits per heavy atom. The predicted octanol–water partition coefficient (Wildman–Crippen LogP) is 3.30. The second kappa shape index (κ2) is 12.6. The van der Waals surface area contributed by atoms with Crippen LogP contribution in [0.2, 0.25) is 0 Å². The second-order valence-electron chi connectivity index (χ2n) is 4.83. The van der Waals surface area contributed by atoms with Crippen molar-refractivity contribution in [2.75, 3.05) is 0 Å². The third-order valence-electron chi connectivity index (χ3n) is 3.17. The van der Waals surface area contributed by atoms with E-state index in [1.807, 2.05) is 12.1 Å². The van der Waals surface area contributed by atoms with Crippen molar-refractivity contribution in [3.63, 3.8) is 0 Å². The molecule has 1 rings (SSSR count). The van der Waals surface area contributed by atoms with Crippen molar-refractivity contribution in [1.29, 1.82) is 0 Å². The molecule has 0 aliphatic heterocycles. The van der Waals surface area contributed by atoms with Gasteiger partial charge in [0.2, 0.25) is 0 Å². The van der Waals surface area contributed by atoms with E-state index in [9.17, 15) is 9.79 Å². The molecule has 0 saturated carbocycles. The molecular formula is C15H23NiO3P. The van der Waals surface area contributed by atoms with Gasteiger partial charge in [-0.2, -0.15) is 0 Å². The second-order valence-corrected chi connectivity index (χ2v) is 5.46. The quantitative estimate of drug-likeness (QED) is 0.373. The molecule has 1 aromatic carbocycles. The Balaban J connectivity index is 0.00000361. The van der Waals surface area contributed by atoms with Crippen LogP contribution < -0.4 is 14.3 Å². The van der Waals surface area contributed by atoms with Gasteiger partial charge in [0.15, 0.2) is 0 Å². The van der Waals surface area contributed by atoms with Crippen molar-refractivity contribution in [1.82, 2.24) is 0 Å². The smallest absolute Gasteiger partial charge is 0.810 e. The minimum Gasteiger partial charge on any atom is -0.810 e. The molecule has 0 atom stereocenters. The summed E-state index contributed by atoms with van der Waals surface area (Å²) in [6, 6.07) is 7.29. The Kier molecular flexibility index (Phi) is 12.5. The van der Waals surface area contributed by atoms with Gasteiger partial charge in [-0.25, -0.2) is 0 Å². The van der Waals surface area contributed by atoms with Crippen LogP contribution in [-0.2, 0) is 22.9 Å². The largest absolute Gasteiger partial charge is 2.00 e. The van der Waals surface area contributed by atoms with Crippen molar-refractivity contribution in [3.05, 3.63) is 29.8 Å². The topological polar surface area (TPSA) is 55.3 Å². The van der Waals surface area contributed by atoms with Gasteiger partial charge in [0.1, 0.15) is 5.75 Å². The zero-order chi connectivity index (χ0) is 13.9. The third kappa shape index (κ3) is 9.72. The molecule has 0 unspecified atom stereocenters. The van der Waals surface area contributed by atoms with Gasteiger partial charge < -0.3 is 14.3 Å². The molecule has 0 fully saturated rings. The summed E-state index contributed by atoms with van der Waals surface area (Å²) >= 11 is 0. The summed E-state index contributed by atoms with van der Waals surface area (Å²) < 4.78 is 4.60. The van der Waals surface area contributed by atoms with Crippen LogP contribution in [0.5, 0.6) is 5.75 Å². The summed E-state index contributed by atoms with van der Waals surface area (Å²) in [6.45, 7) is 2.23. The van der Waals surface area contributed by atoms with Gasteiger partial charge in [-0.05, 0) is 30.5 Å². The van der Waals surface area contributed by atoms with E-state index in [0.29, 0.717) is 5.75 Å². The molecule has 116 valence electrons. The predicted molar refractivity (Wildman–Crippen MR) is 75.7 cm³/mol. The summed E-state index contributed by atoms with van der Waals surface area (Å²) in [7, 11) is -2.81. The molecule has 0 bridgehead atoms. The van der Waals surface area contributed by atoms with Gasteiger partial charge in [-0.1, -0.05) is 66.2 Å². The summed E-state index contributed by atoms with van der Waals surface area (Å²) in [4.78, 5) is 20.8. The molecule has 0 radical (unpaired) electrons. The van der Waals surface area contributed by atoms with Crippen LogP contribution in [0.15, 0.2) is 24.3 Å². The van der Waals surface area contributed by atoms with Gasteiger partial charge in [0, 0.05) is 0 Å². The Hall–Kier alpha value is -0.136. The molecule has 0 N–H and O–H groups in total. The molecule has 0 saturated heterocycles. The number of benzene rings is 1. The molecule has 0 amide bonds. The van der Waals surface area contributed by atoms with Crippen molar-refractivity contribution < 1.29 is 30.8 Å². The summed E-state index contributed by atoms with van der Waals surface area (Å²) in [5.41, 5.74) is 1.24. The van der Waals surface area contributed by atoms with Crippen LogP contribution in [0.4, 0.5) is 0 Å². The first kappa shape index (κ1) is 19.9. The van der Waals surface area contributed by atoms with E-state index >= 15 is 0 Å². The standard InChI is InChI=1S/C15H23O3P.Ni/c1-2-3-4-5-6-7-8-9-14-10-12-15(13-11-14)18-19(16)17;/h10-13H,2-9H2,1H3;/q-2;+2. The number of rotatable bonds is 10. The van der Waals surface area contributed by atoms with Crippen LogP contribution in [-0.4, -0.2) is 0 Å². The molecule has 0 aliphatic carbocycles. The van der Waals surface area contributed by atoms with Crippen LogP contribution >= 0.6 is 8.60 Å². The fourth-order valence-electron chi connectivity index (χ4n) is 2.09. The molecule has 1 aromatic rings. The van der Waals surface area contributed by atoms with E-state index in [2.05, 4.69) is 11.4 Å². The van der Waals surface area contributed by atoms with E-state index in [-0.39, 0.29) is 16.5 Å². The average molecular weight is 341 g/mol. The summed E-state index contributed by atoms with van der Waals surface area (Å²) in [6.07, 6.45) is 10.2. The Labute approximate surface area is 133 Å². The van der Waals surface area contributed by atoms with Crippen LogP contribution in [0.3, 0.4) is 0 Å². The number of aryl methyl sites for hydroxylation is 1. The van der Waals surface area contributed by atoms with E-state index < -0.39 is 8.60 Å².